The van der Waals surface area contributed by atoms with Crippen molar-refractivity contribution in [1.29, 1.82) is 5.26 Å². The Morgan fingerprint density at radius 3 is 2.38 bits per heavy atom. The number of ether oxygens (including phenoxy) is 1. The highest BCUT2D eigenvalue weighted by Crippen LogP contribution is 2.08. The molecule has 0 radical (unpaired) electrons. The summed E-state index contributed by atoms with van der Waals surface area (Å²) in [6.07, 6.45) is 0. The molecule has 2 nitrogen and oxygen atoms in total. The number of rotatable bonds is 2. The van der Waals surface area contributed by atoms with E-state index >= 15 is 0 Å². The number of nitrogens with zero attached hydrogens (tertiary/aromatic N) is 1. The van der Waals surface area contributed by atoms with E-state index in [0.717, 1.165) is 0 Å². The summed E-state index contributed by atoms with van der Waals surface area (Å²) in [5.74, 6) is -0.235. The zero-order valence-electron chi connectivity index (χ0n) is 4.89. The normalized spacial score (nSPS) is 16.8. The topological polar surface area (TPSA) is 33.0 Å². The molecular weight excluding hydrogens is 126 g/mol. The molecule has 0 spiro atoms. The lowest BCUT2D eigenvalue weighted by Gasteiger charge is -2.06. The van der Waals surface area contributed by atoms with Crippen molar-refractivity contribution in [2.45, 2.75) is 12.5 Å². The van der Waals surface area contributed by atoms with Crippen molar-refractivity contribution in [3.05, 3.63) is 0 Å². The van der Waals surface area contributed by atoms with Crippen LogP contribution in [0.4, 0.5) is 0 Å². The fourth-order valence-electron chi connectivity index (χ4n) is 0.263. The fourth-order valence-corrected chi connectivity index (χ4v) is 0.319. The predicted octanol–water partition coefficient (Wildman–Crippen LogP) is 1.36. The van der Waals surface area contributed by atoms with Crippen LogP contribution in [0.25, 0.3) is 0 Å². The Kier molecular flexibility index (Phi) is 3.59. The Hall–Kier alpha value is -0.260. The molecule has 0 aromatic rings. The molecule has 8 heavy (non-hydrogen) atoms. The van der Waals surface area contributed by atoms with E-state index in [4.69, 9.17) is 16.9 Å². The molecule has 0 amide bonds. The van der Waals surface area contributed by atoms with E-state index in [0.29, 0.717) is 0 Å². The molecule has 3 heteroatoms. The van der Waals surface area contributed by atoms with Crippen molar-refractivity contribution < 1.29 is 4.74 Å². The molecule has 0 aromatic carbocycles. The molecule has 0 rings (SSSR count). The van der Waals surface area contributed by atoms with Crippen molar-refractivity contribution >= 4 is 11.6 Å². The van der Waals surface area contributed by atoms with Crippen molar-refractivity contribution in [2.75, 3.05) is 7.11 Å². The van der Waals surface area contributed by atoms with E-state index in [1.807, 2.05) is 6.07 Å². The first-order chi connectivity index (χ1) is 3.72. The fraction of sp³-hybridized carbons (Fsp3) is 0.800. The third kappa shape index (κ3) is 2.15. The number of hydrogen-bond donors (Lipinski definition) is 0. The number of halogens is 1. The van der Waals surface area contributed by atoms with Gasteiger partial charge in [0.05, 0.1) is 12.0 Å². The minimum atomic E-state index is -0.472. The van der Waals surface area contributed by atoms with Gasteiger partial charge < -0.3 is 4.74 Å². The van der Waals surface area contributed by atoms with Crippen LogP contribution < -0.4 is 0 Å². The van der Waals surface area contributed by atoms with Gasteiger partial charge in [0.1, 0.15) is 5.56 Å². The third-order valence-corrected chi connectivity index (χ3v) is 1.38. The lowest BCUT2D eigenvalue weighted by atomic mass is 10.2. The van der Waals surface area contributed by atoms with Gasteiger partial charge in [-0.15, -0.1) is 0 Å². The Balaban J connectivity index is 3.49. The SMILES string of the molecule is COC(Cl)C(C)C#N. The summed E-state index contributed by atoms with van der Waals surface area (Å²) in [7, 11) is 1.48. The molecule has 2 atom stereocenters. The van der Waals surface area contributed by atoms with Crippen LogP contribution in [0.5, 0.6) is 0 Å². The van der Waals surface area contributed by atoms with E-state index in [-0.39, 0.29) is 5.92 Å². The summed E-state index contributed by atoms with van der Waals surface area (Å²) in [6.45, 7) is 1.71. The van der Waals surface area contributed by atoms with Gasteiger partial charge in [0, 0.05) is 7.11 Å². The van der Waals surface area contributed by atoms with Crippen LogP contribution in [0.15, 0.2) is 0 Å². The summed E-state index contributed by atoms with van der Waals surface area (Å²) in [6, 6.07) is 1.96. The van der Waals surface area contributed by atoms with E-state index in [9.17, 15) is 0 Å². The summed E-state index contributed by atoms with van der Waals surface area (Å²) < 4.78 is 4.65. The van der Waals surface area contributed by atoms with Crippen LogP contribution in [-0.2, 0) is 4.74 Å². The van der Waals surface area contributed by atoms with Crippen molar-refractivity contribution in [3.63, 3.8) is 0 Å². The van der Waals surface area contributed by atoms with Gasteiger partial charge in [0.25, 0.3) is 0 Å². The molecule has 0 aliphatic rings. The molecule has 0 saturated heterocycles. The highest BCUT2D eigenvalue weighted by Gasteiger charge is 2.10. The van der Waals surface area contributed by atoms with Gasteiger partial charge in [-0.25, -0.2) is 0 Å². The summed E-state index contributed by atoms with van der Waals surface area (Å²) in [5.41, 5.74) is -0.472. The largest absolute Gasteiger partial charge is 0.364 e. The minimum absolute atomic E-state index is 0.235. The third-order valence-electron chi connectivity index (χ3n) is 0.822. The average Bonchev–Trinajstić information content (AvgIpc) is 1.84. The Bertz CT molecular complexity index is 99.1. The van der Waals surface area contributed by atoms with E-state index in [1.54, 1.807) is 6.92 Å². The number of nitriles is 1. The Morgan fingerprint density at radius 2 is 2.25 bits per heavy atom. The van der Waals surface area contributed by atoms with Gasteiger partial charge >= 0.3 is 0 Å². The highest BCUT2D eigenvalue weighted by atomic mass is 35.5. The second-order valence-corrected chi connectivity index (χ2v) is 1.93. The molecule has 0 aliphatic carbocycles. The maximum Gasteiger partial charge on any atom is 0.146 e. The minimum Gasteiger partial charge on any atom is -0.364 e. The van der Waals surface area contributed by atoms with E-state index in [2.05, 4.69) is 4.74 Å². The van der Waals surface area contributed by atoms with Crippen LogP contribution in [0, 0.1) is 17.2 Å². The number of methoxy groups -OCH3 is 1. The number of hydrogen-bond acceptors (Lipinski definition) is 2. The van der Waals surface area contributed by atoms with Crippen molar-refractivity contribution in [1.82, 2.24) is 0 Å². The molecule has 0 N–H and O–H groups in total. The van der Waals surface area contributed by atoms with Crippen LogP contribution in [0.1, 0.15) is 6.92 Å². The van der Waals surface area contributed by atoms with Gasteiger partial charge in [-0.2, -0.15) is 5.26 Å². The van der Waals surface area contributed by atoms with Crippen molar-refractivity contribution in [2.24, 2.45) is 5.92 Å². The first-order valence-corrected chi connectivity index (χ1v) is 2.72. The molecule has 2 unspecified atom stereocenters. The smallest absolute Gasteiger partial charge is 0.146 e. The van der Waals surface area contributed by atoms with E-state index < -0.39 is 5.56 Å². The van der Waals surface area contributed by atoms with Gasteiger partial charge in [-0.05, 0) is 6.92 Å². The second-order valence-electron chi connectivity index (χ2n) is 1.50. The van der Waals surface area contributed by atoms with Gasteiger partial charge in [0.2, 0.25) is 0 Å². The quantitative estimate of drug-likeness (QED) is 0.533. The summed E-state index contributed by atoms with van der Waals surface area (Å²) >= 11 is 5.47. The maximum atomic E-state index is 8.22. The van der Waals surface area contributed by atoms with Crippen molar-refractivity contribution in [3.8, 4) is 6.07 Å². The number of alkyl halides is 1. The first-order valence-electron chi connectivity index (χ1n) is 2.29. The molecular formula is C5H8ClNO. The zero-order valence-corrected chi connectivity index (χ0v) is 5.64. The molecule has 0 heterocycles. The maximum absolute atomic E-state index is 8.22. The van der Waals surface area contributed by atoms with Crippen LogP contribution in [-0.4, -0.2) is 12.7 Å². The molecule has 46 valence electrons. The van der Waals surface area contributed by atoms with Crippen LogP contribution >= 0.6 is 11.6 Å². The molecule has 0 bridgehead atoms. The Labute approximate surface area is 54.0 Å². The van der Waals surface area contributed by atoms with Crippen LogP contribution in [0.3, 0.4) is 0 Å². The monoisotopic (exact) mass is 133 g/mol. The molecule has 0 fully saturated rings. The van der Waals surface area contributed by atoms with Crippen LogP contribution in [0.2, 0.25) is 0 Å². The summed E-state index contributed by atoms with van der Waals surface area (Å²) in [5, 5.41) is 8.22. The standard InChI is InChI=1S/C5H8ClNO/c1-4(3-7)5(6)8-2/h4-5H,1-2H3. The summed E-state index contributed by atoms with van der Waals surface area (Å²) in [4.78, 5) is 0. The second kappa shape index (κ2) is 3.71. The molecule has 0 aromatic heterocycles. The molecule has 0 aliphatic heterocycles. The average molecular weight is 134 g/mol. The lowest BCUT2D eigenvalue weighted by molar-refractivity contribution is 0.142. The van der Waals surface area contributed by atoms with E-state index in [1.165, 1.54) is 7.11 Å². The highest BCUT2D eigenvalue weighted by molar-refractivity contribution is 6.20. The van der Waals surface area contributed by atoms with Gasteiger partial charge in [-0.3, -0.25) is 0 Å². The lowest BCUT2D eigenvalue weighted by Crippen LogP contribution is -2.10. The van der Waals surface area contributed by atoms with Gasteiger partial charge in [-0.1, -0.05) is 11.6 Å². The predicted molar refractivity (Wildman–Crippen MR) is 31.4 cm³/mol. The Morgan fingerprint density at radius 1 is 1.75 bits per heavy atom. The zero-order chi connectivity index (χ0) is 6.57. The first kappa shape index (κ1) is 7.74. The van der Waals surface area contributed by atoms with Gasteiger partial charge in [0.15, 0.2) is 0 Å². The molecule has 0 saturated carbocycles.